The number of thioether (sulfide) groups is 1. The van der Waals surface area contributed by atoms with Crippen LogP contribution in [-0.2, 0) is 35.9 Å². The number of quaternary nitrogens is 1. The molecule has 0 unspecified atom stereocenters. The van der Waals surface area contributed by atoms with Gasteiger partial charge in [-0.15, -0.1) is 23.1 Å². The van der Waals surface area contributed by atoms with Crippen LogP contribution in [0.1, 0.15) is 35.4 Å². The first-order valence-corrected chi connectivity index (χ1v) is 17.7. The van der Waals surface area contributed by atoms with E-state index in [1.807, 2.05) is 0 Å². The Labute approximate surface area is 302 Å². The molecule has 0 aliphatic carbocycles. The number of nitrogens with one attached hydrogen (secondary N) is 2. The smallest absolute Gasteiger partial charge is 0.352 e. The Morgan fingerprint density at radius 3 is 2.50 bits per heavy atom. The minimum atomic E-state index is -1.94. The van der Waals surface area contributed by atoms with Gasteiger partial charge in [0.25, 0.3) is 17.7 Å². The Balaban J connectivity index is 1.30. The molecule has 0 radical (unpaired) electrons. The number of β-lactam (4-membered cyclic amide) rings is 1. The lowest BCUT2D eigenvalue weighted by molar-refractivity contribution is -0.911. The number of hydrogen-bond donors (Lipinski definition) is 7. The lowest BCUT2D eigenvalue weighted by Crippen LogP contribution is -2.71. The number of aliphatic carboxylic acids is 3. The molecule has 0 bridgehead atoms. The molecule has 2 aromatic heterocycles. The molecule has 2 fully saturated rings. The number of aryl methyl sites for hydroxylation is 1. The zero-order chi connectivity index (χ0) is 37.9. The molecule has 3 aliphatic rings. The van der Waals surface area contributed by atoms with Crippen LogP contribution in [-0.4, -0.2) is 137 Å². The number of nitrogens with two attached hydrogens (primary N) is 1. The minimum Gasteiger partial charge on any atom is -0.503 e. The van der Waals surface area contributed by atoms with E-state index in [0.29, 0.717) is 29.7 Å². The quantitative estimate of drug-likeness (QED) is 0.0473. The molecule has 5 heterocycles. The summed E-state index contributed by atoms with van der Waals surface area (Å²) in [7, 11) is 1.52. The van der Waals surface area contributed by atoms with Gasteiger partial charge >= 0.3 is 17.9 Å². The lowest BCUT2D eigenvalue weighted by Gasteiger charge is -2.50. The summed E-state index contributed by atoms with van der Waals surface area (Å²) < 4.78 is 1.78. The summed E-state index contributed by atoms with van der Waals surface area (Å²) in [6, 6.07) is -0.164. The average Bonchev–Trinajstić information content (AvgIpc) is 3.73. The van der Waals surface area contributed by atoms with Gasteiger partial charge in [-0.3, -0.25) is 28.9 Å². The summed E-state index contributed by atoms with van der Waals surface area (Å²) in [6.45, 7) is 2.33. The maximum atomic E-state index is 13.5. The molecular formula is C30H35N8O12S2+. The Kier molecular flexibility index (Phi) is 11.2. The van der Waals surface area contributed by atoms with Crippen LogP contribution in [0.2, 0.25) is 0 Å². The Morgan fingerprint density at radius 1 is 1.17 bits per heavy atom. The van der Waals surface area contributed by atoms with E-state index in [1.54, 1.807) is 0 Å². The number of carbonyl (C=O) groups is 6. The van der Waals surface area contributed by atoms with E-state index in [1.165, 1.54) is 28.8 Å². The predicted octanol–water partition coefficient (Wildman–Crippen LogP) is -1.44. The number of likely N-dealkylation sites (tertiary alicyclic amines) is 1. The highest BCUT2D eigenvalue weighted by Gasteiger charge is 2.55. The monoisotopic (exact) mass is 763 g/mol. The first-order chi connectivity index (χ1) is 24.6. The van der Waals surface area contributed by atoms with E-state index in [0.717, 1.165) is 41.3 Å². The molecule has 20 nitrogen and oxygen atoms in total. The van der Waals surface area contributed by atoms with Crippen LogP contribution in [0.5, 0.6) is 5.75 Å². The van der Waals surface area contributed by atoms with Crippen molar-refractivity contribution in [2.24, 2.45) is 12.2 Å². The SMILES string of the molecule is Cn1cc(O)c(=O)cc1C(=O)NCC[N+]1(CC2=C(C(=O)O)N3C(=O)[C@@H](NC(=O)C(=NO[C@@H](CC(=O)O)C(=O)O)c4csc(N)n4)[C@H]3SC2)CCCC1. The Bertz CT molecular complexity index is 1940. The highest BCUT2D eigenvalue weighted by Crippen LogP contribution is 2.41. The number of pyridine rings is 1. The number of carbonyl (C=O) groups excluding carboxylic acids is 3. The molecule has 52 heavy (non-hydrogen) atoms. The maximum Gasteiger partial charge on any atom is 0.352 e. The molecule has 5 rings (SSSR count). The number of nitrogens with zero attached hydrogens (tertiary/aromatic N) is 5. The summed E-state index contributed by atoms with van der Waals surface area (Å²) >= 11 is 2.17. The van der Waals surface area contributed by atoms with Gasteiger partial charge in [0.15, 0.2) is 16.6 Å². The maximum absolute atomic E-state index is 13.5. The van der Waals surface area contributed by atoms with E-state index >= 15 is 0 Å². The normalized spacial score (nSPS) is 20.1. The van der Waals surface area contributed by atoms with Gasteiger partial charge in [-0.1, -0.05) is 5.16 Å². The van der Waals surface area contributed by atoms with E-state index < -0.39 is 76.5 Å². The molecule has 278 valence electrons. The van der Waals surface area contributed by atoms with Gasteiger partial charge in [0.05, 0.1) is 38.8 Å². The number of carboxylic acid groups (broad SMARTS) is 3. The van der Waals surface area contributed by atoms with Crippen LogP contribution in [0.4, 0.5) is 5.13 Å². The largest absolute Gasteiger partial charge is 0.503 e. The van der Waals surface area contributed by atoms with Gasteiger partial charge in [-0.2, -0.15) is 0 Å². The third kappa shape index (κ3) is 8.02. The highest BCUT2D eigenvalue weighted by atomic mass is 32.2. The summed E-state index contributed by atoms with van der Waals surface area (Å²) in [6.07, 6.45) is -0.0356. The van der Waals surface area contributed by atoms with Gasteiger partial charge in [-0.05, 0) is 0 Å². The number of thiazole rings is 1. The van der Waals surface area contributed by atoms with Crippen molar-refractivity contribution in [1.82, 2.24) is 25.1 Å². The van der Waals surface area contributed by atoms with Crippen LogP contribution in [0.15, 0.2) is 38.9 Å². The molecule has 8 N–H and O–H groups in total. The van der Waals surface area contributed by atoms with Gasteiger partial charge in [0.2, 0.25) is 11.5 Å². The summed E-state index contributed by atoms with van der Waals surface area (Å²) in [4.78, 5) is 96.7. The van der Waals surface area contributed by atoms with Crippen LogP contribution in [0, 0.1) is 0 Å². The van der Waals surface area contributed by atoms with Crippen LogP contribution in [0.3, 0.4) is 0 Å². The third-order valence-electron chi connectivity index (χ3n) is 8.78. The van der Waals surface area contributed by atoms with Crippen molar-refractivity contribution in [1.29, 1.82) is 0 Å². The van der Waals surface area contributed by atoms with Crippen LogP contribution < -0.4 is 21.8 Å². The molecule has 3 atom stereocenters. The number of carboxylic acids is 3. The van der Waals surface area contributed by atoms with Gasteiger partial charge in [0.1, 0.15) is 35.0 Å². The van der Waals surface area contributed by atoms with Crippen molar-refractivity contribution in [3.05, 3.63) is 50.5 Å². The lowest BCUT2D eigenvalue weighted by atomic mass is 10.0. The van der Waals surface area contributed by atoms with Crippen LogP contribution >= 0.6 is 23.1 Å². The number of amides is 3. The Hall–Kier alpha value is -5.48. The summed E-state index contributed by atoms with van der Waals surface area (Å²) in [5, 5.41) is 47.6. The van der Waals surface area contributed by atoms with E-state index in [2.05, 4.69) is 20.8 Å². The molecule has 2 saturated heterocycles. The standard InChI is InChI=1S/C30H34N8O12S2/c1-36-10-18(40)17(39)8-16(36)24(43)32-4-7-38(5-2-3-6-38)11-14-12-51-27-22(26(45)37(27)23(14)29(48)49)34-25(44)21(15-13-52-30(31)33-15)35-50-19(28(46)47)9-20(41)42/h8,10,13,19,22,27H,2-7,9,11-12H2,1H3,(H7-,31,32,33,34,40,41,42,43,44,46,47,48,49)/p+1/t19-,22+,27+/m0/s1. The van der Waals surface area contributed by atoms with Gasteiger partial charge < -0.3 is 50.7 Å². The number of oxime groups is 1. The molecule has 3 aliphatic heterocycles. The van der Waals surface area contributed by atoms with E-state index in [9.17, 15) is 48.9 Å². The molecular weight excluding hydrogens is 729 g/mol. The van der Waals surface area contributed by atoms with Crippen molar-refractivity contribution in [2.75, 3.05) is 44.2 Å². The summed E-state index contributed by atoms with van der Waals surface area (Å²) in [5.41, 5.74) is 4.65. The van der Waals surface area contributed by atoms with E-state index in [4.69, 9.17) is 15.7 Å². The molecule has 3 amide bonds. The van der Waals surface area contributed by atoms with Gasteiger partial charge in [0, 0.05) is 42.7 Å². The molecule has 0 aromatic carbocycles. The number of aromatic nitrogens is 2. The van der Waals surface area contributed by atoms with Crippen LogP contribution in [0.25, 0.3) is 0 Å². The Morgan fingerprint density at radius 2 is 1.88 bits per heavy atom. The molecule has 2 aromatic rings. The third-order valence-corrected chi connectivity index (χ3v) is 10.8. The molecule has 0 saturated carbocycles. The number of aromatic hydroxyl groups is 1. The predicted molar refractivity (Wildman–Crippen MR) is 182 cm³/mol. The van der Waals surface area contributed by atoms with Crippen molar-refractivity contribution in [3.63, 3.8) is 0 Å². The summed E-state index contributed by atoms with van der Waals surface area (Å²) in [5.74, 6) is -7.00. The number of fused-ring (bicyclic) bond motifs is 1. The average molecular weight is 764 g/mol. The zero-order valence-corrected chi connectivity index (χ0v) is 29.1. The van der Waals surface area contributed by atoms with Gasteiger partial charge in [-0.25, -0.2) is 14.6 Å². The van der Waals surface area contributed by atoms with Crippen molar-refractivity contribution in [3.8, 4) is 5.75 Å². The van der Waals surface area contributed by atoms with Crippen molar-refractivity contribution in [2.45, 2.75) is 36.8 Å². The van der Waals surface area contributed by atoms with E-state index in [-0.39, 0.29) is 41.1 Å². The second-order valence-corrected chi connectivity index (χ2v) is 14.3. The highest BCUT2D eigenvalue weighted by molar-refractivity contribution is 8.00. The minimum absolute atomic E-state index is 0.0263. The fourth-order valence-corrected chi connectivity index (χ4v) is 8.15. The topological polar surface area (TPSA) is 293 Å². The van der Waals surface area contributed by atoms with Crippen molar-refractivity contribution >= 4 is 69.6 Å². The number of hydrogen-bond acceptors (Lipinski definition) is 14. The second-order valence-electron chi connectivity index (χ2n) is 12.3. The second kappa shape index (κ2) is 15.4. The number of rotatable bonds is 15. The first-order valence-electron chi connectivity index (χ1n) is 15.7. The fraction of sp³-hybridized carbons (Fsp3) is 0.433. The fourth-order valence-electron chi connectivity index (χ4n) is 6.27. The first kappa shape index (κ1) is 37.8. The number of anilines is 1. The molecule has 0 spiro atoms. The van der Waals surface area contributed by atoms with Crippen molar-refractivity contribution < 1.29 is 58.5 Å². The number of nitrogen functional groups attached to an aromatic ring is 1. The molecule has 22 heteroatoms. The zero-order valence-electron chi connectivity index (χ0n) is 27.5.